The summed E-state index contributed by atoms with van der Waals surface area (Å²) in [6.07, 6.45) is 1.92. The van der Waals surface area contributed by atoms with Crippen molar-refractivity contribution in [2.75, 3.05) is 18.0 Å². The summed E-state index contributed by atoms with van der Waals surface area (Å²) >= 11 is 0. The summed E-state index contributed by atoms with van der Waals surface area (Å²) in [5.41, 5.74) is 3.41. The number of nitrogens with zero attached hydrogens (tertiary/aromatic N) is 3. The molecule has 6 nitrogen and oxygen atoms in total. The lowest BCUT2D eigenvalue weighted by Gasteiger charge is -2.36. The van der Waals surface area contributed by atoms with Gasteiger partial charge < -0.3 is 15.3 Å². The number of hydrogen-bond acceptors (Lipinski definition) is 6. The van der Waals surface area contributed by atoms with Crippen LogP contribution >= 0.6 is 0 Å². The van der Waals surface area contributed by atoms with Crippen molar-refractivity contribution in [1.29, 1.82) is 0 Å². The second-order valence-corrected chi connectivity index (χ2v) is 7.86. The number of rotatable bonds is 3. The Labute approximate surface area is 159 Å². The van der Waals surface area contributed by atoms with E-state index in [1.54, 1.807) is 13.0 Å². The van der Waals surface area contributed by atoms with Gasteiger partial charge >= 0.3 is 0 Å². The molecule has 142 valence electrons. The number of Topliss-reactive ketones (excluding diaryl/α,β-unsaturated/α-hetero) is 1. The molecule has 2 fully saturated rings. The zero-order chi connectivity index (χ0) is 19.1. The van der Waals surface area contributed by atoms with Crippen LogP contribution in [0.2, 0.25) is 0 Å². The maximum Gasteiger partial charge on any atom is 0.151 e. The van der Waals surface area contributed by atoms with Gasteiger partial charge in [0.15, 0.2) is 5.82 Å². The van der Waals surface area contributed by atoms with Crippen LogP contribution in [0.1, 0.15) is 30.9 Å². The Morgan fingerprint density at radius 1 is 1.26 bits per heavy atom. The highest BCUT2D eigenvalue weighted by molar-refractivity contribution is 5.79. The van der Waals surface area contributed by atoms with Crippen molar-refractivity contribution in [2.24, 2.45) is 5.92 Å². The Morgan fingerprint density at radius 3 is 2.74 bits per heavy atom. The van der Waals surface area contributed by atoms with Gasteiger partial charge in [-0.1, -0.05) is 6.07 Å². The number of nitrogens with one attached hydrogen (secondary N) is 1. The molecular formula is C21H26N4O2. The molecule has 2 N–H and O–H groups in total. The molecule has 1 unspecified atom stereocenters. The Morgan fingerprint density at radius 2 is 2.07 bits per heavy atom. The molecule has 1 aromatic carbocycles. The molecular weight excluding hydrogens is 340 g/mol. The van der Waals surface area contributed by atoms with Crippen LogP contribution in [0.5, 0.6) is 5.75 Å². The quantitative estimate of drug-likeness (QED) is 0.869. The molecule has 1 aromatic heterocycles. The van der Waals surface area contributed by atoms with E-state index in [-0.39, 0.29) is 23.5 Å². The molecule has 2 saturated heterocycles. The standard InChI is InChI=1S/C21H26N4O2/c1-12-8-13(2)21(19(27)9-12)17-4-5-20(24-23-17)25-7-6-16-18(25)10-15(11-22-16)14(3)26/h4-5,8-9,15-16,18,22,27H,6-7,10-11H2,1-3H3/t15?,16-,18-/m0/s1. The highest BCUT2D eigenvalue weighted by Gasteiger charge is 2.40. The molecule has 6 heteroatoms. The summed E-state index contributed by atoms with van der Waals surface area (Å²) in [6.45, 7) is 7.30. The molecule has 0 amide bonds. The van der Waals surface area contributed by atoms with Gasteiger partial charge in [-0.15, -0.1) is 10.2 Å². The topological polar surface area (TPSA) is 78.4 Å². The number of benzene rings is 1. The van der Waals surface area contributed by atoms with Gasteiger partial charge in [0.2, 0.25) is 0 Å². The number of fused-ring (bicyclic) bond motifs is 1. The maximum atomic E-state index is 11.8. The average Bonchev–Trinajstić information content (AvgIpc) is 3.04. The van der Waals surface area contributed by atoms with Gasteiger partial charge in [0, 0.05) is 36.7 Å². The van der Waals surface area contributed by atoms with E-state index in [0.29, 0.717) is 11.7 Å². The number of carbonyl (C=O) groups is 1. The molecule has 0 spiro atoms. The molecule has 2 aromatic rings. The van der Waals surface area contributed by atoms with Crippen LogP contribution < -0.4 is 10.2 Å². The molecule has 4 rings (SSSR count). The smallest absolute Gasteiger partial charge is 0.151 e. The SMILES string of the molecule is CC(=O)C1CN[C@H]2CCN(c3ccc(-c4c(C)cc(C)cc4O)nn3)[C@H]2C1. The largest absolute Gasteiger partial charge is 0.507 e. The third-order valence-corrected chi connectivity index (χ3v) is 5.93. The van der Waals surface area contributed by atoms with E-state index in [9.17, 15) is 9.90 Å². The molecule has 2 aliphatic rings. The van der Waals surface area contributed by atoms with Crippen LogP contribution in [-0.2, 0) is 4.79 Å². The van der Waals surface area contributed by atoms with Crippen molar-refractivity contribution in [3.8, 4) is 17.0 Å². The zero-order valence-electron chi connectivity index (χ0n) is 16.1. The summed E-state index contributed by atoms with van der Waals surface area (Å²) in [4.78, 5) is 14.1. The van der Waals surface area contributed by atoms with Gasteiger partial charge in [-0.2, -0.15) is 0 Å². The van der Waals surface area contributed by atoms with E-state index in [1.165, 1.54) is 0 Å². The van der Waals surface area contributed by atoms with Gasteiger partial charge in [-0.25, -0.2) is 0 Å². The Balaban J connectivity index is 1.59. The van der Waals surface area contributed by atoms with E-state index >= 15 is 0 Å². The van der Waals surface area contributed by atoms with Crippen molar-refractivity contribution in [1.82, 2.24) is 15.5 Å². The Bertz CT molecular complexity index is 842. The summed E-state index contributed by atoms with van der Waals surface area (Å²) in [5, 5.41) is 22.7. The molecule has 0 aliphatic carbocycles. The first-order valence-electron chi connectivity index (χ1n) is 9.59. The fraction of sp³-hybridized carbons (Fsp3) is 0.476. The Kier molecular flexibility index (Phi) is 4.60. The second kappa shape index (κ2) is 6.93. The second-order valence-electron chi connectivity index (χ2n) is 7.86. The van der Waals surface area contributed by atoms with E-state index in [1.807, 2.05) is 32.0 Å². The van der Waals surface area contributed by atoms with Gasteiger partial charge in [-0.05, 0) is 62.9 Å². The van der Waals surface area contributed by atoms with Crippen LogP contribution in [0.3, 0.4) is 0 Å². The van der Waals surface area contributed by atoms with Gasteiger partial charge in [-0.3, -0.25) is 4.79 Å². The van der Waals surface area contributed by atoms with Crippen LogP contribution in [0.25, 0.3) is 11.3 Å². The van der Waals surface area contributed by atoms with Crippen LogP contribution in [0.4, 0.5) is 5.82 Å². The van der Waals surface area contributed by atoms with Crippen molar-refractivity contribution < 1.29 is 9.90 Å². The van der Waals surface area contributed by atoms with Crippen molar-refractivity contribution >= 4 is 11.6 Å². The van der Waals surface area contributed by atoms with E-state index in [2.05, 4.69) is 20.4 Å². The van der Waals surface area contributed by atoms with Gasteiger partial charge in [0.1, 0.15) is 11.5 Å². The number of phenols is 1. The number of aromatic nitrogens is 2. The lowest BCUT2D eigenvalue weighted by atomic mass is 9.88. The number of phenolic OH excluding ortho intramolecular Hbond substituents is 1. The molecule has 0 bridgehead atoms. The number of aryl methyl sites for hydroxylation is 2. The normalized spacial score (nSPS) is 24.7. The number of ketones is 1. The monoisotopic (exact) mass is 366 g/mol. The fourth-order valence-corrected chi connectivity index (χ4v) is 4.54. The lowest BCUT2D eigenvalue weighted by molar-refractivity contribution is -0.121. The highest BCUT2D eigenvalue weighted by Crippen LogP contribution is 2.34. The van der Waals surface area contributed by atoms with Crippen molar-refractivity contribution in [3.05, 3.63) is 35.4 Å². The first kappa shape index (κ1) is 17.9. The van der Waals surface area contributed by atoms with Gasteiger partial charge in [0.25, 0.3) is 0 Å². The first-order valence-corrected chi connectivity index (χ1v) is 9.59. The minimum atomic E-state index is 0.0752. The fourth-order valence-electron chi connectivity index (χ4n) is 4.54. The molecule has 3 atom stereocenters. The zero-order valence-corrected chi connectivity index (χ0v) is 16.1. The van der Waals surface area contributed by atoms with Crippen LogP contribution in [-0.4, -0.2) is 46.3 Å². The minimum absolute atomic E-state index is 0.0752. The molecule has 0 saturated carbocycles. The summed E-state index contributed by atoms with van der Waals surface area (Å²) < 4.78 is 0. The lowest BCUT2D eigenvalue weighted by Crippen LogP contribution is -2.52. The predicted octanol–water partition coefficient (Wildman–Crippen LogP) is 2.61. The molecule has 0 radical (unpaired) electrons. The number of piperidine rings is 1. The van der Waals surface area contributed by atoms with Crippen molar-refractivity contribution in [2.45, 2.75) is 45.7 Å². The number of carbonyl (C=O) groups excluding carboxylic acids is 1. The molecule has 2 aliphatic heterocycles. The minimum Gasteiger partial charge on any atom is -0.507 e. The molecule has 27 heavy (non-hydrogen) atoms. The van der Waals surface area contributed by atoms with Gasteiger partial charge in [0.05, 0.1) is 5.69 Å². The number of anilines is 1. The summed E-state index contributed by atoms with van der Waals surface area (Å²) in [7, 11) is 0. The molecule has 3 heterocycles. The third-order valence-electron chi connectivity index (χ3n) is 5.93. The van der Waals surface area contributed by atoms with Crippen LogP contribution in [0, 0.1) is 19.8 Å². The van der Waals surface area contributed by atoms with Crippen molar-refractivity contribution in [3.63, 3.8) is 0 Å². The number of aromatic hydroxyl groups is 1. The Hall–Kier alpha value is -2.47. The maximum absolute atomic E-state index is 11.8. The number of hydrogen-bond donors (Lipinski definition) is 2. The summed E-state index contributed by atoms with van der Waals surface area (Å²) in [6, 6.07) is 8.36. The summed E-state index contributed by atoms with van der Waals surface area (Å²) in [5.74, 6) is 1.39. The third kappa shape index (κ3) is 3.30. The predicted molar refractivity (Wildman–Crippen MR) is 105 cm³/mol. The van der Waals surface area contributed by atoms with E-state index in [4.69, 9.17) is 0 Å². The van der Waals surface area contributed by atoms with Crippen LogP contribution in [0.15, 0.2) is 24.3 Å². The average molecular weight is 366 g/mol. The van der Waals surface area contributed by atoms with E-state index in [0.717, 1.165) is 48.4 Å². The van der Waals surface area contributed by atoms with E-state index < -0.39 is 0 Å². The highest BCUT2D eigenvalue weighted by atomic mass is 16.3. The first-order chi connectivity index (χ1) is 12.9.